The summed E-state index contributed by atoms with van der Waals surface area (Å²) in [6, 6.07) is 10.5. The summed E-state index contributed by atoms with van der Waals surface area (Å²) in [5, 5.41) is 6.11. The van der Waals surface area contributed by atoms with Gasteiger partial charge in [-0.05, 0) is 37.7 Å². The van der Waals surface area contributed by atoms with Gasteiger partial charge in [-0.3, -0.25) is 0 Å². The Morgan fingerprint density at radius 2 is 2.00 bits per heavy atom. The molecule has 1 heterocycles. The lowest BCUT2D eigenvalue weighted by Gasteiger charge is -2.31. The van der Waals surface area contributed by atoms with Crippen LogP contribution >= 0.6 is 0 Å². The van der Waals surface area contributed by atoms with Crippen LogP contribution in [0.2, 0.25) is 0 Å². The highest BCUT2D eigenvalue weighted by molar-refractivity contribution is 5.74. The number of urea groups is 1. The van der Waals surface area contributed by atoms with Gasteiger partial charge in [-0.2, -0.15) is 0 Å². The molecule has 2 N–H and O–H groups in total. The smallest absolute Gasteiger partial charge is 0.315 e. The molecule has 2 amide bonds. The normalized spacial score (nSPS) is 23.1. The number of rotatable bonds is 5. The second-order valence-electron chi connectivity index (χ2n) is 6.64. The van der Waals surface area contributed by atoms with Crippen LogP contribution in [0.15, 0.2) is 30.3 Å². The molecule has 3 unspecified atom stereocenters. The molecule has 1 aromatic carbocycles. The Labute approximate surface area is 133 Å². The zero-order valence-corrected chi connectivity index (χ0v) is 13.8. The van der Waals surface area contributed by atoms with Gasteiger partial charge in [-0.1, -0.05) is 44.2 Å². The van der Waals surface area contributed by atoms with Gasteiger partial charge >= 0.3 is 6.03 Å². The second-order valence-corrected chi connectivity index (χ2v) is 6.64. The third-order valence-electron chi connectivity index (χ3n) is 3.99. The van der Waals surface area contributed by atoms with E-state index in [0.29, 0.717) is 12.5 Å². The summed E-state index contributed by atoms with van der Waals surface area (Å²) in [4.78, 5) is 12.1. The maximum absolute atomic E-state index is 12.1. The van der Waals surface area contributed by atoms with Crippen molar-refractivity contribution in [1.82, 2.24) is 10.6 Å². The number of nitrogens with one attached hydrogen (secondary N) is 2. The van der Waals surface area contributed by atoms with E-state index in [2.05, 4.69) is 43.5 Å². The second kappa shape index (κ2) is 8.18. The number of carbonyl (C=O) groups excluding carboxylic acids is 1. The van der Waals surface area contributed by atoms with Crippen LogP contribution in [-0.2, 0) is 4.74 Å². The Bertz CT molecular complexity index is 461. The van der Waals surface area contributed by atoms with Crippen LogP contribution in [-0.4, -0.2) is 24.7 Å². The Balaban J connectivity index is 1.81. The molecule has 1 aromatic rings. The van der Waals surface area contributed by atoms with Crippen molar-refractivity contribution < 1.29 is 9.53 Å². The number of carbonyl (C=O) groups is 1. The minimum absolute atomic E-state index is 0.0631. The SMILES string of the molecule is CC(C)CC(C)NC(=O)NC1CCOC(c2ccccc2)C1. The predicted molar refractivity (Wildman–Crippen MR) is 88.7 cm³/mol. The number of hydrogen-bond donors (Lipinski definition) is 2. The first kappa shape index (κ1) is 16.8. The lowest BCUT2D eigenvalue weighted by atomic mass is 9.97. The van der Waals surface area contributed by atoms with E-state index < -0.39 is 0 Å². The monoisotopic (exact) mass is 304 g/mol. The third-order valence-corrected chi connectivity index (χ3v) is 3.99. The molecular weight excluding hydrogens is 276 g/mol. The summed E-state index contributed by atoms with van der Waals surface area (Å²) >= 11 is 0. The van der Waals surface area contributed by atoms with Gasteiger partial charge in [0.25, 0.3) is 0 Å². The van der Waals surface area contributed by atoms with Gasteiger partial charge in [0.1, 0.15) is 0 Å². The fourth-order valence-electron chi connectivity index (χ4n) is 3.04. The number of ether oxygens (including phenoxy) is 1. The standard InChI is InChI=1S/C18H28N2O2/c1-13(2)11-14(3)19-18(21)20-16-9-10-22-17(12-16)15-7-5-4-6-8-15/h4-8,13-14,16-17H,9-12H2,1-3H3,(H2,19,20,21). The van der Waals surface area contributed by atoms with Gasteiger partial charge in [0, 0.05) is 18.7 Å². The lowest BCUT2D eigenvalue weighted by Crippen LogP contribution is -2.47. The molecule has 22 heavy (non-hydrogen) atoms. The largest absolute Gasteiger partial charge is 0.373 e. The van der Waals surface area contributed by atoms with Crippen molar-refractivity contribution in [1.29, 1.82) is 0 Å². The summed E-state index contributed by atoms with van der Waals surface area (Å²) in [5.74, 6) is 0.584. The molecule has 1 saturated heterocycles. The van der Waals surface area contributed by atoms with E-state index in [1.165, 1.54) is 5.56 Å². The van der Waals surface area contributed by atoms with E-state index in [1.807, 2.05) is 18.2 Å². The van der Waals surface area contributed by atoms with Crippen LogP contribution < -0.4 is 10.6 Å². The van der Waals surface area contributed by atoms with Crippen molar-refractivity contribution in [2.75, 3.05) is 6.61 Å². The minimum atomic E-state index is -0.0631. The van der Waals surface area contributed by atoms with Crippen molar-refractivity contribution in [3.05, 3.63) is 35.9 Å². The number of hydrogen-bond acceptors (Lipinski definition) is 2. The van der Waals surface area contributed by atoms with Crippen molar-refractivity contribution >= 4 is 6.03 Å². The highest BCUT2D eigenvalue weighted by atomic mass is 16.5. The maximum atomic E-state index is 12.1. The van der Waals surface area contributed by atoms with Crippen LogP contribution in [0.1, 0.15) is 51.7 Å². The van der Waals surface area contributed by atoms with Gasteiger partial charge in [0.2, 0.25) is 0 Å². The summed E-state index contributed by atoms with van der Waals surface area (Å²) in [6.45, 7) is 7.07. The molecule has 0 radical (unpaired) electrons. The molecule has 1 fully saturated rings. The van der Waals surface area contributed by atoms with Gasteiger partial charge in [0.15, 0.2) is 0 Å². The zero-order valence-electron chi connectivity index (χ0n) is 13.8. The van der Waals surface area contributed by atoms with Gasteiger partial charge < -0.3 is 15.4 Å². The summed E-state index contributed by atoms with van der Waals surface area (Å²) in [7, 11) is 0. The number of benzene rings is 1. The molecule has 0 aliphatic carbocycles. The molecule has 1 aliphatic heterocycles. The molecule has 2 rings (SSSR count). The zero-order chi connectivity index (χ0) is 15.9. The van der Waals surface area contributed by atoms with Crippen LogP contribution in [0, 0.1) is 5.92 Å². The van der Waals surface area contributed by atoms with E-state index in [9.17, 15) is 4.79 Å². The van der Waals surface area contributed by atoms with Crippen LogP contribution in [0.4, 0.5) is 4.79 Å². The minimum Gasteiger partial charge on any atom is -0.373 e. The molecule has 0 aromatic heterocycles. The average Bonchev–Trinajstić information content (AvgIpc) is 2.47. The average molecular weight is 304 g/mol. The predicted octanol–water partition coefficient (Wildman–Crippen LogP) is 3.64. The molecule has 4 heteroatoms. The van der Waals surface area contributed by atoms with E-state index in [0.717, 1.165) is 19.3 Å². The highest BCUT2D eigenvalue weighted by Gasteiger charge is 2.25. The molecular formula is C18H28N2O2. The Hall–Kier alpha value is -1.55. The first-order valence-corrected chi connectivity index (χ1v) is 8.28. The fraction of sp³-hybridized carbons (Fsp3) is 0.611. The van der Waals surface area contributed by atoms with E-state index in [-0.39, 0.29) is 24.2 Å². The number of amides is 2. The van der Waals surface area contributed by atoms with Crippen molar-refractivity contribution in [3.8, 4) is 0 Å². The topological polar surface area (TPSA) is 50.4 Å². The van der Waals surface area contributed by atoms with Crippen LogP contribution in [0.3, 0.4) is 0 Å². The van der Waals surface area contributed by atoms with Gasteiger partial charge in [-0.25, -0.2) is 4.79 Å². The maximum Gasteiger partial charge on any atom is 0.315 e. The molecule has 1 aliphatic rings. The fourth-order valence-corrected chi connectivity index (χ4v) is 3.04. The highest BCUT2D eigenvalue weighted by Crippen LogP contribution is 2.27. The van der Waals surface area contributed by atoms with Crippen molar-refractivity contribution in [2.24, 2.45) is 5.92 Å². The summed E-state index contributed by atoms with van der Waals surface area (Å²) < 4.78 is 5.84. The molecule has 3 atom stereocenters. The molecule has 122 valence electrons. The van der Waals surface area contributed by atoms with E-state index in [4.69, 9.17) is 4.74 Å². The summed E-state index contributed by atoms with van der Waals surface area (Å²) in [6.07, 6.45) is 2.77. The molecule has 0 saturated carbocycles. The van der Waals surface area contributed by atoms with Gasteiger partial charge in [0.05, 0.1) is 6.10 Å². The Morgan fingerprint density at radius 3 is 2.68 bits per heavy atom. The Morgan fingerprint density at radius 1 is 1.27 bits per heavy atom. The third kappa shape index (κ3) is 5.34. The van der Waals surface area contributed by atoms with Crippen LogP contribution in [0.5, 0.6) is 0 Å². The lowest BCUT2D eigenvalue weighted by molar-refractivity contribution is 0.00221. The summed E-state index contributed by atoms with van der Waals surface area (Å²) in [5.41, 5.74) is 1.18. The van der Waals surface area contributed by atoms with Crippen LogP contribution in [0.25, 0.3) is 0 Å². The first-order chi connectivity index (χ1) is 10.5. The quantitative estimate of drug-likeness (QED) is 0.872. The first-order valence-electron chi connectivity index (χ1n) is 8.28. The molecule has 4 nitrogen and oxygen atoms in total. The molecule has 0 spiro atoms. The Kier molecular flexibility index (Phi) is 6.25. The van der Waals surface area contributed by atoms with E-state index in [1.54, 1.807) is 0 Å². The molecule has 0 bridgehead atoms. The van der Waals surface area contributed by atoms with E-state index >= 15 is 0 Å². The van der Waals surface area contributed by atoms with Gasteiger partial charge in [-0.15, -0.1) is 0 Å². The van der Waals surface area contributed by atoms with Crippen molar-refractivity contribution in [2.45, 2.75) is 58.2 Å². The van der Waals surface area contributed by atoms with Crippen molar-refractivity contribution in [3.63, 3.8) is 0 Å².